The fourth-order valence-electron chi connectivity index (χ4n) is 5.54. The number of nitrogens with one attached hydrogen (secondary N) is 1. The number of hydrogen-bond donors (Lipinski definition) is 3. The molecule has 13 nitrogen and oxygen atoms in total. The number of carboxylic acid groups (broad SMARTS) is 1. The Labute approximate surface area is 243 Å². The van der Waals surface area contributed by atoms with Gasteiger partial charge in [-0.05, 0) is 37.9 Å². The van der Waals surface area contributed by atoms with Crippen molar-refractivity contribution in [3.8, 4) is 17.8 Å². The first kappa shape index (κ1) is 28.7. The molecule has 4 N–H and O–H groups in total. The quantitative estimate of drug-likeness (QED) is 0.361. The van der Waals surface area contributed by atoms with Crippen LogP contribution in [0.5, 0.6) is 11.8 Å². The molecule has 1 aromatic heterocycles. The largest absolute Gasteiger partial charge is 0.497 e. The fraction of sp³-hybridized carbons (Fsp3) is 0.414. The SMILES string of the molecule is COc1cc(NC(=O)c2nc(OC[C@@H]3CCCN3C)nc(N3CCN(C(=O)O)[C@@H](CC#N)C3)c2N)c2ccccc2c1. The van der Waals surface area contributed by atoms with Gasteiger partial charge in [0.05, 0.1) is 31.3 Å². The van der Waals surface area contributed by atoms with Gasteiger partial charge in [0.25, 0.3) is 5.91 Å². The summed E-state index contributed by atoms with van der Waals surface area (Å²) in [5.41, 5.74) is 7.03. The maximum absolute atomic E-state index is 13.8. The first-order valence-electron chi connectivity index (χ1n) is 13.8. The molecule has 2 atom stereocenters. The molecule has 0 aliphatic carbocycles. The topological polar surface area (TPSA) is 170 Å². The molecule has 3 heterocycles. The molecule has 5 rings (SSSR count). The van der Waals surface area contributed by atoms with Crippen LogP contribution in [-0.4, -0.2) is 95.9 Å². The zero-order chi connectivity index (χ0) is 29.8. The normalized spacial score (nSPS) is 19.0. The van der Waals surface area contributed by atoms with Gasteiger partial charge in [0.2, 0.25) is 0 Å². The van der Waals surface area contributed by atoms with Crippen LogP contribution in [0.1, 0.15) is 29.8 Å². The number of aromatic nitrogens is 2. The van der Waals surface area contributed by atoms with Gasteiger partial charge < -0.3 is 40.3 Å². The van der Waals surface area contributed by atoms with E-state index in [-0.39, 0.29) is 55.3 Å². The highest BCUT2D eigenvalue weighted by Crippen LogP contribution is 2.32. The number of amides is 2. The standard InChI is InChI=1S/C29H34N8O5/c1-35-11-5-7-20(35)17-42-28-33-25(27(38)32-23-15-21(41-2)14-18-6-3-4-8-22(18)23)24(31)26(34-28)36-12-13-37(29(39)40)19(16-36)9-10-30/h3-4,6,8,14-15,19-20H,5,7,9,11-13,16-17,31H2,1-2H3,(H,32,38)(H,39,40)/t19-,20-/m0/s1. The highest BCUT2D eigenvalue weighted by atomic mass is 16.5. The van der Waals surface area contributed by atoms with Gasteiger partial charge in [-0.2, -0.15) is 15.2 Å². The van der Waals surface area contributed by atoms with E-state index in [0.29, 0.717) is 18.0 Å². The Hall–Kier alpha value is -4.83. The molecule has 0 bridgehead atoms. The van der Waals surface area contributed by atoms with E-state index >= 15 is 0 Å². The van der Waals surface area contributed by atoms with E-state index in [4.69, 9.17) is 15.2 Å². The average Bonchev–Trinajstić information content (AvgIpc) is 3.40. The number of anilines is 3. The van der Waals surface area contributed by atoms with Crippen molar-refractivity contribution in [1.82, 2.24) is 19.8 Å². The van der Waals surface area contributed by atoms with E-state index in [2.05, 4.69) is 26.3 Å². The number of likely N-dealkylation sites (N-methyl/N-ethyl adjacent to an activating group) is 1. The van der Waals surface area contributed by atoms with E-state index < -0.39 is 18.0 Å². The van der Waals surface area contributed by atoms with Gasteiger partial charge in [0, 0.05) is 37.1 Å². The number of rotatable bonds is 8. The number of carbonyl (C=O) groups excluding carboxylic acids is 1. The van der Waals surface area contributed by atoms with Crippen LogP contribution < -0.4 is 25.4 Å². The lowest BCUT2D eigenvalue weighted by Crippen LogP contribution is -2.55. The Morgan fingerprint density at radius 2 is 2.00 bits per heavy atom. The van der Waals surface area contributed by atoms with Crippen molar-refractivity contribution in [2.24, 2.45) is 0 Å². The summed E-state index contributed by atoms with van der Waals surface area (Å²) in [5, 5.41) is 23.6. The third-order valence-corrected chi connectivity index (χ3v) is 7.87. The predicted octanol–water partition coefficient (Wildman–Crippen LogP) is 3.03. The minimum atomic E-state index is -1.10. The number of hydrogen-bond acceptors (Lipinski definition) is 10. The van der Waals surface area contributed by atoms with Crippen molar-refractivity contribution in [3.63, 3.8) is 0 Å². The maximum atomic E-state index is 13.8. The Balaban J connectivity index is 1.50. The van der Waals surface area contributed by atoms with Gasteiger partial charge in [0.15, 0.2) is 11.5 Å². The molecule has 2 saturated heterocycles. The lowest BCUT2D eigenvalue weighted by atomic mass is 10.1. The number of likely N-dealkylation sites (tertiary alicyclic amines) is 1. The monoisotopic (exact) mass is 574 g/mol. The van der Waals surface area contributed by atoms with E-state index in [1.807, 2.05) is 37.4 Å². The van der Waals surface area contributed by atoms with E-state index in [1.165, 1.54) is 4.90 Å². The van der Waals surface area contributed by atoms with Crippen molar-refractivity contribution < 1.29 is 24.2 Å². The first-order chi connectivity index (χ1) is 20.3. The molecule has 0 unspecified atom stereocenters. The second-order valence-corrected chi connectivity index (χ2v) is 10.5. The predicted molar refractivity (Wildman–Crippen MR) is 157 cm³/mol. The summed E-state index contributed by atoms with van der Waals surface area (Å²) in [7, 11) is 3.59. The van der Waals surface area contributed by atoms with Crippen LogP contribution in [0.3, 0.4) is 0 Å². The summed E-state index contributed by atoms with van der Waals surface area (Å²) in [4.78, 5) is 39.7. The van der Waals surface area contributed by atoms with Crippen molar-refractivity contribution in [2.45, 2.75) is 31.3 Å². The van der Waals surface area contributed by atoms with E-state index in [9.17, 15) is 20.0 Å². The third-order valence-electron chi connectivity index (χ3n) is 7.87. The Kier molecular flexibility index (Phi) is 8.44. The zero-order valence-corrected chi connectivity index (χ0v) is 23.6. The molecule has 2 aliphatic heterocycles. The molecule has 13 heteroatoms. The third kappa shape index (κ3) is 5.94. The number of fused-ring (bicyclic) bond motifs is 1. The molecule has 220 valence electrons. The number of methoxy groups -OCH3 is 1. The smallest absolute Gasteiger partial charge is 0.407 e. The number of benzene rings is 2. The summed E-state index contributed by atoms with van der Waals surface area (Å²) in [6.07, 6.45) is 0.943. The van der Waals surface area contributed by atoms with Gasteiger partial charge in [-0.15, -0.1) is 0 Å². The molecule has 0 saturated carbocycles. The molecule has 0 spiro atoms. The number of carbonyl (C=O) groups is 2. The number of ether oxygens (including phenoxy) is 2. The zero-order valence-electron chi connectivity index (χ0n) is 23.6. The van der Waals surface area contributed by atoms with Crippen LogP contribution >= 0.6 is 0 Å². The molecule has 3 aromatic rings. The summed E-state index contributed by atoms with van der Waals surface area (Å²) in [5.74, 6) is 0.272. The van der Waals surface area contributed by atoms with Crippen LogP contribution in [0, 0.1) is 11.3 Å². The van der Waals surface area contributed by atoms with Crippen LogP contribution in [0.25, 0.3) is 10.8 Å². The maximum Gasteiger partial charge on any atom is 0.407 e. The molecular formula is C29H34N8O5. The molecule has 42 heavy (non-hydrogen) atoms. The lowest BCUT2D eigenvalue weighted by Gasteiger charge is -2.40. The van der Waals surface area contributed by atoms with Gasteiger partial charge in [-0.25, -0.2) is 4.79 Å². The number of nitrogens with two attached hydrogens (primary N) is 1. The van der Waals surface area contributed by atoms with Crippen LogP contribution in [0.2, 0.25) is 0 Å². The molecular weight excluding hydrogens is 540 g/mol. The molecule has 2 fully saturated rings. The number of piperazine rings is 1. The van der Waals surface area contributed by atoms with Gasteiger partial charge in [-0.1, -0.05) is 24.3 Å². The molecule has 2 aromatic carbocycles. The first-order valence-corrected chi connectivity index (χ1v) is 13.8. The highest BCUT2D eigenvalue weighted by molar-refractivity contribution is 6.11. The van der Waals surface area contributed by atoms with Gasteiger partial charge in [-0.3, -0.25) is 4.79 Å². The van der Waals surface area contributed by atoms with Crippen molar-refractivity contribution in [2.75, 3.05) is 62.9 Å². The molecule has 0 radical (unpaired) electrons. The second-order valence-electron chi connectivity index (χ2n) is 10.5. The summed E-state index contributed by atoms with van der Waals surface area (Å²) in [6.45, 7) is 1.89. The van der Waals surface area contributed by atoms with E-state index in [1.54, 1.807) is 18.1 Å². The number of nitrogen functional groups attached to an aromatic ring is 1. The second kappa shape index (κ2) is 12.4. The highest BCUT2D eigenvalue weighted by Gasteiger charge is 2.33. The fourth-order valence-corrected chi connectivity index (χ4v) is 5.54. The number of nitrogens with zero attached hydrogens (tertiary/aromatic N) is 6. The Morgan fingerprint density at radius 3 is 2.71 bits per heavy atom. The van der Waals surface area contributed by atoms with Crippen molar-refractivity contribution in [3.05, 3.63) is 42.1 Å². The summed E-state index contributed by atoms with van der Waals surface area (Å²) in [6, 6.07) is 12.8. The Morgan fingerprint density at radius 1 is 1.19 bits per heavy atom. The van der Waals surface area contributed by atoms with Crippen molar-refractivity contribution in [1.29, 1.82) is 5.26 Å². The van der Waals surface area contributed by atoms with Crippen LogP contribution in [-0.2, 0) is 0 Å². The average molecular weight is 575 g/mol. The Bertz CT molecular complexity index is 1530. The number of nitriles is 1. The minimum Gasteiger partial charge on any atom is -0.497 e. The molecule has 2 aliphatic rings. The summed E-state index contributed by atoms with van der Waals surface area (Å²) >= 11 is 0. The van der Waals surface area contributed by atoms with E-state index in [0.717, 1.165) is 30.2 Å². The lowest BCUT2D eigenvalue weighted by molar-refractivity contribution is 0.102. The van der Waals surface area contributed by atoms with Crippen LogP contribution in [0.4, 0.5) is 22.0 Å². The van der Waals surface area contributed by atoms with Gasteiger partial charge >= 0.3 is 12.1 Å². The minimum absolute atomic E-state index is 0.00141. The summed E-state index contributed by atoms with van der Waals surface area (Å²) < 4.78 is 11.5. The van der Waals surface area contributed by atoms with Crippen LogP contribution in [0.15, 0.2) is 36.4 Å². The van der Waals surface area contributed by atoms with Gasteiger partial charge in [0.1, 0.15) is 18.0 Å². The van der Waals surface area contributed by atoms with Crippen molar-refractivity contribution >= 4 is 40.0 Å². The molecule has 2 amide bonds.